The Balaban J connectivity index is 1.56. The zero-order chi connectivity index (χ0) is 20.4. The smallest absolute Gasteiger partial charge is 0.126 e. The molecule has 1 atom stereocenters. The number of likely N-dealkylation sites (tertiary alicyclic amines) is 1. The summed E-state index contributed by atoms with van der Waals surface area (Å²) in [7, 11) is 1.70. The Labute approximate surface area is 173 Å². The number of ether oxygens (including phenoxy) is 1. The summed E-state index contributed by atoms with van der Waals surface area (Å²) in [6, 6.07) is 8.68. The first-order chi connectivity index (χ1) is 14.1. The lowest BCUT2D eigenvalue weighted by atomic mass is 10.1. The summed E-state index contributed by atoms with van der Waals surface area (Å²) >= 11 is 0. The van der Waals surface area contributed by atoms with Crippen molar-refractivity contribution < 1.29 is 4.74 Å². The second-order valence-electron chi connectivity index (χ2n) is 7.92. The van der Waals surface area contributed by atoms with Gasteiger partial charge >= 0.3 is 0 Å². The number of hydrogen-bond acceptors (Lipinski definition) is 4. The predicted molar refractivity (Wildman–Crippen MR) is 114 cm³/mol. The topological polar surface area (TPSA) is 48.1 Å². The van der Waals surface area contributed by atoms with Crippen molar-refractivity contribution in [2.45, 2.75) is 59.3 Å². The van der Waals surface area contributed by atoms with Crippen molar-refractivity contribution in [3.8, 4) is 5.75 Å². The summed E-state index contributed by atoms with van der Waals surface area (Å²) in [5.41, 5.74) is 4.93. The number of aryl methyl sites for hydroxylation is 3. The first kappa shape index (κ1) is 19.7. The molecule has 1 aliphatic rings. The quantitative estimate of drug-likeness (QED) is 0.606. The van der Waals surface area contributed by atoms with Crippen molar-refractivity contribution in [1.29, 1.82) is 0 Å². The molecule has 0 spiro atoms. The zero-order valence-electron chi connectivity index (χ0n) is 17.9. The summed E-state index contributed by atoms with van der Waals surface area (Å²) in [5.74, 6) is 2.07. The van der Waals surface area contributed by atoms with Crippen LogP contribution in [0.25, 0.3) is 0 Å². The number of benzene rings is 1. The fraction of sp³-hybridized carbons (Fsp3) is 0.478. The summed E-state index contributed by atoms with van der Waals surface area (Å²) in [4.78, 5) is 7.40. The molecule has 1 aromatic carbocycles. The van der Waals surface area contributed by atoms with Crippen LogP contribution in [0.15, 0.2) is 36.7 Å². The molecule has 6 nitrogen and oxygen atoms in total. The van der Waals surface area contributed by atoms with Gasteiger partial charge in [-0.15, -0.1) is 0 Å². The van der Waals surface area contributed by atoms with Gasteiger partial charge in [0.05, 0.1) is 18.8 Å². The molecule has 29 heavy (non-hydrogen) atoms. The van der Waals surface area contributed by atoms with Crippen molar-refractivity contribution in [2.75, 3.05) is 13.7 Å². The highest BCUT2D eigenvalue weighted by Gasteiger charge is 2.30. The van der Waals surface area contributed by atoms with Crippen molar-refractivity contribution >= 4 is 0 Å². The van der Waals surface area contributed by atoms with Crippen molar-refractivity contribution in [1.82, 2.24) is 24.2 Å². The SMILES string of the molecule is CCn1cc(CN2CCCC2c2ncc(C)n2Cc2ccc(OC)cc2)c(C)n1. The van der Waals surface area contributed by atoms with Crippen LogP contribution < -0.4 is 4.74 Å². The zero-order valence-corrected chi connectivity index (χ0v) is 17.9. The Hall–Kier alpha value is -2.60. The van der Waals surface area contributed by atoms with E-state index in [-0.39, 0.29) is 0 Å². The van der Waals surface area contributed by atoms with E-state index < -0.39 is 0 Å². The second kappa shape index (κ2) is 8.41. The largest absolute Gasteiger partial charge is 0.497 e. The van der Waals surface area contributed by atoms with E-state index in [1.165, 1.54) is 29.1 Å². The highest BCUT2D eigenvalue weighted by atomic mass is 16.5. The summed E-state index contributed by atoms with van der Waals surface area (Å²) in [6.07, 6.45) is 6.57. The minimum absolute atomic E-state index is 0.353. The molecule has 2 aromatic heterocycles. The normalized spacial score (nSPS) is 17.2. The van der Waals surface area contributed by atoms with Gasteiger partial charge in [-0.2, -0.15) is 5.10 Å². The summed E-state index contributed by atoms with van der Waals surface area (Å²) < 4.78 is 9.69. The Kier molecular flexibility index (Phi) is 5.72. The number of hydrogen-bond donors (Lipinski definition) is 0. The van der Waals surface area contributed by atoms with E-state index in [1.54, 1.807) is 7.11 Å². The molecule has 0 radical (unpaired) electrons. The minimum atomic E-state index is 0.353. The van der Waals surface area contributed by atoms with E-state index in [9.17, 15) is 0 Å². The molecular formula is C23H31N5O. The summed E-state index contributed by atoms with van der Waals surface area (Å²) in [5, 5.41) is 4.62. The first-order valence-electron chi connectivity index (χ1n) is 10.5. The molecule has 3 heterocycles. The third-order valence-corrected chi connectivity index (χ3v) is 5.99. The molecule has 0 N–H and O–H groups in total. The van der Waals surface area contributed by atoms with Crippen molar-refractivity contribution in [3.63, 3.8) is 0 Å². The van der Waals surface area contributed by atoms with Crippen LogP contribution in [-0.2, 0) is 19.6 Å². The fourth-order valence-corrected chi connectivity index (χ4v) is 4.27. The highest BCUT2D eigenvalue weighted by Crippen LogP contribution is 2.33. The molecule has 154 valence electrons. The average molecular weight is 394 g/mol. The van der Waals surface area contributed by atoms with Gasteiger partial charge in [0.1, 0.15) is 11.6 Å². The predicted octanol–water partition coefficient (Wildman–Crippen LogP) is 4.11. The molecule has 1 unspecified atom stereocenters. The average Bonchev–Trinajstić information content (AvgIpc) is 3.43. The number of rotatable bonds is 7. The van der Waals surface area contributed by atoms with Crippen LogP contribution in [0.3, 0.4) is 0 Å². The van der Waals surface area contributed by atoms with E-state index in [2.05, 4.69) is 53.7 Å². The molecule has 1 fully saturated rings. The molecule has 4 rings (SSSR count). The van der Waals surface area contributed by atoms with Gasteiger partial charge in [-0.25, -0.2) is 4.98 Å². The lowest BCUT2D eigenvalue weighted by Crippen LogP contribution is -2.26. The van der Waals surface area contributed by atoms with E-state index >= 15 is 0 Å². The minimum Gasteiger partial charge on any atom is -0.497 e. The first-order valence-corrected chi connectivity index (χ1v) is 10.5. The second-order valence-corrected chi connectivity index (χ2v) is 7.92. The van der Waals surface area contributed by atoms with Crippen molar-refractivity contribution in [2.24, 2.45) is 0 Å². The Bertz CT molecular complexity index is 956. The maximum absolute atomic E-state index is 5.29. The lowest BCUT2D eigenvalue weighted by molar-refractivity contribution is 0.235. The molecule has 3 aromatic rings. The van der Waals surface area contributed by atoms with Crippen molar-refractivity contribution in [3.05, 3.63) is 65.0 Å². The lowest BCUT2D eigenvalue weighted by Gasteiger charge is -2.25. The van der Waals surface area contributed by atoms with Crippen LogP contribution in [0.1, 0.15) is 54.1 Å². The fourth-order valence-electron chi connectivity index (χ4n) is 4.27. The standard InChI is InChI=1S/C23H31N5O/c1-5-27-16-20(18(3)25-27)15-26-12-6-7-22(26)23-24-13-17(2)28(23)14-19-8-10-21(29-4)11-9-19/h8-11,13,16,22H,5-7,12,14-15H2,1-4H3. The molecule has 0 saturated carbocycles. The van der Waals surface area contributed by atoms with Gasteiger partial charge in [0.2, 0.25) is 0 Å². The molecular weight excluding hydrogens is 362 g/mol. The van der Waals surface area contributed by atoms with Gasteiger partial charge in [0.15, 0.2) is 0 Å². The third kappa shape index (κ3) is 4.08. The van der Waals surface area contributed by atoms with Crippen LogP contribution in [0.2, 0.25) is 0 Å². The molecule has 1 saturated heterocycles. The van der Waals surface area contributed by atoms with E-state index in [0.717, 1.165) is 44.0 Å². The van der Waals surface area contributed by atoms with E-state index in [1.807, 2.05) is 23.0 Å². The van der Waals surface area contributed by atoms with Gasteiger partial charge in [0.25, 0.3) is 0 Å². The Morgan fingerprint density at radius 2 is 1.93 bits per heavy atom. The maximum Gasteiger partial charge on any atom is 0.126 e. The van der Waals surface area contributed by atoms with Crippen LogP contribution in [-0.4, -0.2) is 37.9 Å². The maximum atomic E-state index is 5.29. The van der Waals surface area contributed by atoms with Crippen LogP contribution in [0.5, 0.6) is 5.75 Å². The molecule has 0 amide bonds. The van der Waals surface area contributed by atoms with Gasteiger partial charge in [0, 0.05) is 43.3 Å². The van der Waals surface area contributed by atoms with Crippen LogP contribution in [0, 0.1) is 13.8 Å². The number of imidazole rings is 1. The molecule has 1 aliphatic heterocycles. The molecule has 0 aliphatic carbocycles. The number of nitrogens with zero attached hydrogens (tertiary/aromatic N) is 5. The molecule has 6 heteroatoms. The number of aromatic nitrogens is 4. The molecule has 0 bridgehead atoms. The Morgan fingerprint density at radius 1 is 1.14 bits per heavy atom. The van der Waals surface area contributed by atoms with Gasteiger partial charge in [-0.05, 0) is 57.9 Å². The van der Waals surface area contributed by atoms with Crippen LogP contribution in [0.4, 0.5) is 0 Å². The van der Waals surface area contributed by atoms with E-state index in [4.69, 9.17) is 9.72 Å². The van der Waals surface area contributed by atoms with Gasteiger partial charge in [-0.1, -0.05) is 12.1 Å². The van der Waals surface area contributed by atoms with Crippen LogP contribution >= 0.6 is 0 Å². The third-order valence-electron chi connectivity index (χ3n) is 5.99. The monoisotopic (exact) mass is 393 g/mol. The number of methoxy groups -OCH3 is 1. The Morgan fingerprint density at radius 3 is 2.62 bits per heavy atom. The summed E-state index contributed by atoms with van der Waals surface area (Å²) in [6.45, 7) is 10.2. The van der Waals surface area contributed by atoms with Gasteiger partial charge < -0.3 is 9.30 Å². The highest BCUT2D eigenvalue weighted by molar-refractivity contribution is 5.28. The van der Waals surface area contributed by atoms with Gasteiger partial charge in [-0.3, -0.25) is 9.58 Å². The van der Waals surface area contributed by atoms with E-state index in [0.29, 0.717) is 6.04 Å².